The molecule has 1 N–H and O–H groups in total. The van der Waals surface area contributed by atoms with E-state index in [1.807, 2.05) is 30.0 Å². The second kappa shape index (κ2) is 5.21. The maximum atomic E-state index is 11.6. The van der Waals surface area contributed by atoms with E-state index in [4.69, 9.17) is 0 Å². The fourth-order valence-corrected chi connectivity index (χ4v) is 2.26. The number of nitrogens with one attached hydrogen (secondary N) is 1. The van der Waals surface area contributed by atoms with Crippen molar-refractivity contribution in [1.29, 1.82) is 0 Å². The van der Waals surface area contributed by atoms with E-state index in [0.717, 1.165) is 29.8 Å². The lowest BCUT2D eigenvalue weighted by atomic mass is 10.1. The molecule has 0 aromatic heterocycles. The van der Waals surface area contributed by atoms with Crippen molar-refractivity contribution in [2.24, 2.45) is 0 Å². The van der Waals surface area contributed by atoms with Crippen LogP contribution in [0.15, 0.2) is 18.2 Å². The Morgan fingerprint density at radius 2 is 2.22 bits per heavy atom. The molecule has 18 heavy (non-hydrogen) atoms. The maximum Gasteiger partial charge on any atom is 0.222 e. The van der Waals surface area contributed by atoms with E-state index in [1.165, 1.54) is 6.92 Å². The minimum atomic E-state index is -0.0764. The number of likely N-dealkylation sites (tertiary alicyclic amines) is 1. The molecule has 0 spiro atoms. The minimum absolute atomic E-state index is 0.0764. The first-order chi connectivity index (χ1) is 8.58. The third kappa shape index (κ3) is 2.70. The zero-order valence-corrected chi connectivity index (χ0v) is 10.8. The van der Waals surface area contributed by atoms with Gasteiger partial charge in [0.1, 0.15) is 0 Å². The van der Waals surface area contributed by atoms with Gasteiger partial charge >= 0.3 is 0 Å². The molecule has 0 atom stereocenters. The van der Waals surface area contributed by atoms with Gasteiger partial charge in [0, 0.05) is 32.1 Å². The Morgan fingerprint density at radius 1 is 1.44 bits per heavy atom. The van der Waals surface area contributed by atoms with Gasteiger partial charge in [-0.25, -0.2) is 0 Å². The number of rotatable bonds is 3. The van der Waals surface area contributed by atoms with Crippen molar-refractivity contribution in [2.75, 3.05) is 11.9 Å². The average Bonchev–Trinajstić information content (AvgIpc) is 2.70. The van der Waals surface area contributed by atoms with Crippen LogP contribution >= 0.6 is 0 Å². The predicted octanol–water partition coefficient (Wildman–Crippen LogP) is 2.08. The summed E-state index contributed by atoms with van der Waals surface area (Å²) in [5.41, 5.74) is 2.95. The van der Waals surface area contributed by atoms with Crippen molar-refractivity contribution >= 4 is 17.5 Å². The van der Waals surface area contributed by atoms with Crippen molar-refractivity contribution in [3.8, 4) is 0 Å². The van der Waals surface area contributed by atoms with E-state index in [0.29, 0.717) is 13.0 Å². The second-order valence-electron chi connectivity index (χ2n) is 4.69. The topological polar surface area (TPSA) is 49.4 Å². The normalized spacial score (nSPS) is 15.0. The third-order valence-corrected chi connectivity index (χ3v) is 3.29. The molecule has 1 heterocycles. The molecule has 1 aliphatic rings. The van der Waals surface area contributed by atoms with Crippen molar-refractivity contribution in [3.63, 3.8) is 0 Å². The molecule has 1 saturated heterocycles. The highest BCUT2D eigenvalue weighted by Crippen LogP contribution is 2.22. The first-order valence-electron chi connectivity index (χ1n) is 6.22. The monoisotopic (exact) mass is 246 g/mol. The van der Waals surface area contributed by atoms with Crippen molar-refractivity contribution in [2.45, 2.75) is 33.2 Å². The summed E-state index contributed by atoms with van der Waals surface area (Å²) in [4.78, 5) is 24.6. The Hall–Kier alpha value is -1.84. The highest BCUT2D eigenvalue weighted by Gasteiger charge is 2.20. The van der Waals surface area contributed by atoms with Gasteiger partial charge in [-0.05, 0) is 30.5 Å². The number of amides is 2. The average molecular weight is 246 g/mol. The Bertz CT molecular complexity index is 483. The van der Waals surface area contributed by atoms with Crippen LogP contribution in [0.1, 0.15) is 30.9 Å². The molecule has 2 amide bonds. The quantitative estimate of drug-likeness (QED) is 0.887. The van der Waals surface area contributed by atoms with Crippen LogP contribution in [-0.2, 0) is 16.1 Å². The largest absolute Gasteiger partial charge is 0.338 e. The zero-order chi connectivity index (χ0) is 13.1. The molecule has 0 radical (unpaired) electrons. The molecule has 2 rings (SSSR count). The van der Waals surface area contributed by atoms with Crippen LogP contribution < -0.4 is 5.32 Å². The summed E-state index contributed by atoms with van der Waals surface area (Å²) in [5, 5.41) is 2.81. The van der Waals surface area contributed by atoms with E-state index in [1.54, 1.807) is 0 Å². The fraction of sp³-hybridized carbons (Fsp3) is 0.429. The molecule has 1 aromatic carbocycles. The number of benzene rings is 1. The molecule has 4 heteroatoms. The van der Waals surface area contributed by atoms with Gasteiger partial charge in [0.2, 0.25) is 11.8 Å². The molecular weight excluding hydrogens is 228 g/mol. The summed E-state index contributed by atoms with van der Waals surface area (Å²) >= 11 is 0. The molecule has 1 aliphatic heterocycles. The van der Waals surface area contributed by atoms with E-state index < -0.39 is 0 Å². The predicted molar refractivity (Wildman–Crippen MR) is 70.1 cm³/mol. The van der Waals surface area contributed by atoms with Gasteiger partial charge in [-0.2, -0.15) is 0 Å². The Labute approximate surface area is 107 Å². The third-order valence-electron chi connectivity index (χ3n) is 3.29. The van der Waals surface area contributed by atoms with Crippen molar-refractivity contribution < 1.29 is 9.59 Å². The Balaban J connectivity index is 2.17. The molecule has 1 fully saturated rings. The first kappa shape index (κ1) is 12.6. The molecule has 1 aromatic rings. The van der Waals surface area contributed by atoms with E-state index in [2.05, 4.69) is 5.32 Å². The summed E-state index contributed by atoms with van der Waals surface area (Å²) in [6.07, 6.45) is 1.60. The number of carbonyl (C=O) groups excluding carboxylic acids is 2. The van der Waals surface area contributed by atoms with Gasteiger partial charge in [0.05, 0.1) is 0 Å². The van der Waals surface area contributed by atoms with Crippen LogP contribution in [0.25, 0.3) is 0 Å². The van der Waals surface area contributed by atoms with Gasteiger partial charge in [-0.15, -0.1) is 0 Å². The standard InChI is InChI=1S/C14H18N2O2/c1-10-12(9-16-8-4-7-14(16)18)5-3-6-13(10)15-11(2)17/h3,5-6H,4,7-9H2,1-2H3,(H,15,17). The molecule has 4 nitrogen and oxygen atoms in total. The lowest BCUT2D eigenvalue weighted by Crippen LogP contribution is -2.24. The highest BCUT2D eigenvalue weighted by atomic mass is 16.2. The van der Waals surface area contributed by atoms with Crippen LogP contribution in [0.4, 0.5) is 5.69 Å². The summed E-state index contributed by atoms with van der Waals surface area (Å²) in [6.45, 7) is 4.94. The SMILES string of the molecule is CC(=O)Nc1cccc(CN2CCCC2=O)c1C. The van der Waals surface area contributed by atoms with Crippen molar-refractivity contribution in [1.82, 2.24) is 4.90 Å². The summed E-state index contributed by atoms with van der Waals surface area (Å²) in [7, 11) is 0. The summed E-state index contributed by atoms with van der Waals surface area (Å²) in [5.74, 6) is 0.145. The number of carbonyl (C=O) groups is 2. The van der Waals surface area contributed by atoms with Crippen molar-refractivity contribution in [3.05, 3.63) is 29.3 Å². The summed E-state index contributed by atoms with van der Waals surface area (Å²) < 4.78 is 0. The van der Waals surface area contributed by atoms with Crippen LogP contribution in [-0.4, -0.2) is 23.3 Å². The Morgan fingerprint density at radius 3 is 2.83 bits per heavy atom. The van der Waals surface area contributed by atoms with Gasteiger partial charge in [-0.1, -0.05) is 12.1 Å². The number of anilines is 1. The second-order valence-corrected chi connectivity index (χ2v) is 4.69. The van der Waals surface area contributed by atoms with Crippen LogP contribution in [0.2, 0.25) is 0 Å². The number of nitrogens with zero attached hydrogens (tertiary/aromatic N) is 1. The van der Waals surface area contributed by atoms with E-state index >= 15 is 0 Å². The maximum absolute atomic E-state index is 11.6. The molecule has 0 aliphatic carbocycles. The molecule has 0 unspecified atom stereocenters. The minimum Gasteiger partial charge on any atom is -0.338 e. The van der Waals surface area contributed by atoms with Crippen LogP contribution in [0, 0.1) is 6.92 Å². The fourth-order valence-electron chi connectivity index (χ4n) is 2.26. The molecule has 0 saturated carbocycles. The van der Waals surface area contributed by atoms with Gasteiger partial charge in [0.25, 0.3) is 0 Å². The van der Waals surface area contributed by atoms with E-state index in [-0.39, 0.29) is 11.8 Å². The number of hydrogen-bond acceptors (Lipinski definition) is 2. The van der Waals surface area contributed by atoms with Crippen LogP contribution in [0.5, 0.6) is 0 Å². The zero-order valence-electron chi connectivity index (χ0n) is 10.8. The van der Waals surface area contributed by atoms with E-state index in [9.17, 15) is 9.59 Å². The first-order valence-corrected chi connectivity index (χ1v) is 6.22. The number of hydrogen-bond donors (Lipinski definition) is 1. The van der Waals surface area contributed by atoms with Gasteiger partial charge < -0.3 is 10.2 Å². The molecule has 0 bridgehead atoms. The smallest absolute Gasteiger partial charge is 0.222 e. The van der Waals surface area contributed by atoms with Gasteiger partial charge in [0.15, 0.2) is 0 Å². The Kier molecular flexibility index (Phi) is 3.65. The highest BCUT2D eigenvalue weighted by molar-refractivity contribution is 5.89. The van der Waals surface area contributed by atoms with Crippen LogP contribution in [0.3, 0.4) is 0 Å². The molecular formula is C14H18N2O2. The van der Waals surface area contributed by atoms with Gasteiger partial charge in [-0.3, -0.25) is 9.59 Å². The molecule has 96 valence electrons. The lowest BCUT2D eigenvalue weighted by molar-refractivity contribution is -0.128. The summed E-state index contributed by atoms with van der Waals surface area (Å²) in [6, 6.07) is 5.80. The lowest BCUT2D eigenvalue weighted by Gasteiger charge is -2.18.